The maximum absolute atomic E-state index is 13.2. The minimum absolute atomic E-state index is 0.0169. The van der Waals surface area contributed by atoms with E-state index >= 15 is 0 Å². The Labute approximate surface area is 171 Å². The normalized spacial score (nSPS) is 22.9. The molecule has 0 spiro atoms. The largest absolute Gasteiger partial charge is 0.497 e. The van der Waals surface area contributed by atoms with Gasteiger partial charge in [0.25, 0.3) is 0 Å². The highest BCUT2D eigenvalue weighted by atomic mass is 32.2. The van der Waals surface area contributed by atoms with Gasteiger partial charge in [0.2, 0.25) is 0 Å². The third kappa shape index (κ3) is 4.93. The van der Waals surface area contributed by atoms with Crippen LogP contribution in [-0.2, 0) is 9.53 Å². The van der Waals surface area contributed by atoms with Crippen LogP contribution in [0.2, 0.25) is 0 Å². The van der Waals surface area contributed by atoms with Gasteiger partial charge in [-0.3, -0.25) is 4.90 Å². The maximum Gasteiger partial charge on any atom is 0.330 e. The van der Waals surface area contributed by atoms with Gasteiger partial charge in [0.05, 0.1) is 18.6 Å². The summed E-state index contributed by atoms with van der Waals surface area (Å²) < 4.78 is 10.6. The number of rotatable bonds is 5. The van der Waals surface area contributed by atoms with E-state index in [1.165, 1.54) is 19.3 Å². The molecular formula is C21H30N2O4S. The van der Waals surface area contributed by atoms with Gasteiger partial charge in [-0.25, -0.2) is 9.59 Å². The van der Waals surface area contributed by atoms with Crippen LogP contribution in [0, 0.1) is 5.92 Å². The molecule has 1 heterocycles. The lowest BCUT2D eigenvalue weighted by Crippen LogP contribution is -2.50. The third-order valence-electron chi connectivity index (χ3n) is 5.29. The predicted molar refractivity (Wildman–Crippen MR) is 112 cm³/mol. The molecule has 3 rings (SSSR count). The van der Waals surface area contributed by atoms with Crippen LogP contribution >= 0.6 is 11.8 Å². The van der Waals surface area contributed by atoms with Crippen molar-refractivity contribution in [1.29, 1.82) is 0 Å². The molecule has 1 aliphatic carbocycles. The molecule has 2 aliphatic rings. The Morgan fingerprint density at radius 1 is 1.14 bits per heavy atom. The minimum Gasteiger partial charge on any atom is -0.497 e. The van der Waals surface area contributed by atoms with Crippen LogP contribution in [0.4, 0.5) is 10.5 Å². The summed E-state index contributed by atoms with van der Waals surface area (Å²) in [7, 11) is 1.61. The molecular weight excluding hydrogens is 376 g/mol. The Hall–Kier alpha value is -1.89. The second kappa shape index (κ2) is 9.54. The number of amides is 2. The van der Waals surface area contributed by atoms with E-state index in [4.69, 9.17) is 9.47 Å². The molecule has 0 bridgehead atoms. The van der Waals surface area contributed by atoms with E-state index in [1.54, 1.807) is 48.0 Å². The molecule has 7 heteroatoms. The predicted octanol–water partition coefficient (Wildman–Crippen LogP) is 4.50. The number of urea groups is 1. The average Bonchev–Trinajstić information content (AvgIpc) is 3.14. The van der Waals surface area contributed by atoms with Gasteiger partial charge < -0.3 is 14.8 Å². The molecule has 0 radical (unpaired) electrons. The molecule has 28 heavy (non-hydrogen) atoms. The highest BCUT2D eigenvalue weighted by Gasteiger charge is 2.46. The summed E-state index contributed by atoms with van der Waals surface area (Å²) in [6.07, 6.45) is 5.65. The molecule has 2 atom stereocenters. The lowest BCUT2D eigenvalue weighted by molar-refractivity contribution is -0.151. The number of methoxy groups -OCH3 is 1. The first-order chi connectivity index (χ1) is 13.5. The number of nitrogens with zero attached hydrogens (tertiary/aromatic N) is 1. The minimum atomic E-state index is -0.544. The topological polar surface area (TPSA) is 67.9 Å². The molecule has 1 aliphatic heterocycles. The first-order valence-electron chi connectivity index (χ1n) is 10.0. The SMILES string of the molecule is COc1ccc(NC(=O)N2C(C(=O)OC(C)C)CSC2C2CCCCC2)cc1. The van der Waals surface area contributed by atoms with Crippen molar-refractivity contribution in [3.8, 4) is 5.75 Å². The van der Waals surface area contributed by atoms with Crippen molar-refractivity contribution in [2.24, 2.45) is 5.92 Å². The Morgan fingerprint density at radius 2 is 1.82 bits per heavy atom. The van der Waals surface area contributed by atoms with Gasteiger partial charge in [-0.1, -0.05) is 19.3 Å². The van der Waals surface area contributed by atoms with Crippen LogP contribution in [0.15, 0.2) is 24.3 Å². The van der Waals surface area contributed by atoms with Crippen molar-refractivity contribution in [3.63, 3.8) is 0 Å². The van der Waals surface area contributed by atoms with Gasteiger partial charge in [0, 0.05) is 11.4 Å². The monoisotopic (exact) mass is 406 g/mol. The highest BCUT2D eigenvalue weighted by molar-refractivity contribution is 8.00. The Balaban J connectivity index is 1.77. The first kappa shape index (κ1) is 20.8. The number of anilines is 1. The number of ether oxygens (including phenoxy) is 2. The van der Waals surface area contributed by atoms with Crippen molar-refractivity contribution in [2.75, 3.05) is 18.2 Å². The van der Waals surface area contributed by atoms with Gasteiger partial charge in [-0.15, -0.1) is 11.8 Å². The van der Waals surface area contributed by atoms with Gasteiger partial charge in [0.1, 0.15) is 11.8 Å². The fraction of sp³-hybridized carbons (Fsp3) is 0.619. The smallest absolute Gasteiger partial charge is 0.330 e. The van der Waals surface area contributed by atoms with Crippen molar-refractivity contribution < 1.29 is 19.1 Å². The van der Waals surface area contributed by atoms with Crippen LogP contribution in [0.25, 0.3) is 0 Å². The zero-order chi connectivity index (χ0) is 20.1. The summed E-state index contributed by atoms with van der Waals surface area (Å²) in [5.74, 6) is 1.43. The molecule has 2 unspecified atom stereocenters. The van der Waals surface area contributed by atoms with Crippen molar-refractivity contribution in [1.82, 2.24) is 4.90 Å². The van der Waals surface area contributed by atoms with Gasteiger partial charge in [-0.2, -0.15) is 0 Å². The van der Waals surface area contributed by atoms with E-state index in [9.17, 15) is 9.59 Å². The fourth-order valence-electron chi connectivity index (χ4n) is 3.92. The second-order valence-electron chi connectivity index (χ2n) is 7.69. The molecule has 1 saturated carbocycles. The molecule has 0 aromatic heterocycles. The summed E-state index contributed by atoms with van der Waals surface area (Å²) >= 11 is 1.71. The fourth-order valence-corrected chi connectivity index (χ4v) is 5.55. The van der Waals surface area contributed by atoms with Gasteiger partial charge >= 0.3 is 12.0 Å². The van der Waals surface area contributed by atoms with Crippen LogP contribution in [-0.4, -0.2) is 47.3 Å². The zero-order valence-electron chi connectivity index (χ0n) is 16.8. The van der Waals surface area contributed by atoms with E-state index in [1.807, 2.05) is 13.8 Å². The first-order valence-corrected chi connectivity index (χ1v) is 11.1. The number of nitrogens with one attached hydrogen (secondary N) is 1. The van der Waals surface area contributed by atoms with E-state index in [0.717, 1.165) is 18.6 Å². The Bertz CT molecular complexity index is 673. The van der Waals surface area contributed by atoms with Crippen LogP contribution in [0.1, 0.15) is 46.0 Å². The summed E-state index contributed by atoms with van der Waals surface area (Å²) in [5, 5.41) is 2.97. The summed E-state index contributed by atoms with van der Waals surface area (Å²) in [4.78, 5) is 27.6. The third-order valence-corrected chi connectivity index (χ3v) is 6.75. The number of carbonyl (C=O) groups is 2. The standard InChI is InChI=1S/C21H30N2O4S/c1-14(2)27-20(24)18-13-28-19(15-7-5-4-6-8-15)23(18)21(25)22-16-9-11-17(26-3)12-10-16/h9-12,14-15,18-19H,4-8,13H2,1-3H3,(H,22,25). The number of hydrogen-bond acceptors (Lipinski definition) is 5. The van der Waals surface area contributed by atoms with E-state index in [2.05, 4.69) is 5.32 Å². The summed E-state index contributed by atoms with van der Waals surface area (Å²) in [6.45, 7) is 3.67. The Kier molecular flexibility index (Phi) is 7.10. The highest BCUT2D eigenvalue weighted by Crippen LogP contribution is 2.41. The summed E-state index contributed by atoms with van der Waals surface area (Å²) in [5.41, 5.74) is 0.682. The lowest BCUT2D eigenvalue weighted by atomic mass is 9.88. The Morgan fingerprint density at radius 3 is 2.43 bits per heavy atom. The molecule has 1 aromatic rings. The molecule has 1 N–H and O–H groups in total. The van der Waals surface area contributed by atoms with E-state index in [0.29, 0.717) is 17.4 Å². The summed E-state index contributed by atoms with van der Waals surface area (Å²) in [6, 6.07) is 6.43. The molecule has 1 saturated heterocycles. The quantitative estimate of drug-likeness (QED) is 0.729. The number of hydrogen-bond donors (Lipinski definition) is 1. The van der Waals surface area contributed by atoms with Crippen LogP contribution in [0.5, 0.6) is 5.75 Å². The van der Waals surface area contributed by atoms with Crippen molar-refractivity contribution in [2.45, 2.75) is 63.5 Å². The van der Waals surface area contributed by atoms with Crippen molar-refractivity contribution in [3.05, 3.63) is 24.3 Å². The molecule has 2 amide bonds. The number of carbonyl (C=O) groups excluding carboxylic acids is 2. The van der Waals surface area contributed by atoms with Crippen LogP contribution in [0.3, 0.4) is 0 Å². The zero-order valence-corrected chi connectivity index (χ0v) is 17.7. The van der Waals surface area contributed by atoms with Crippen LogP contribution < -0.4 is 10.1 Å². The maximum atomic E-state index is 13.2. The average molecular weight is 407 g/mol. The molecule has 154 valence electrons. The van der Waals surface area contributed by atoms with Gasteiger partial charge in [0.15, 0.2) is 0 Å². The number of thioether (sulfide) groups is 1. The van der Waals surface area contributed by atoms with E-state index in [-0.39, 0.29) is 23.5 Å². The van der Waals surface area contributed by atoms with E-state index < -0.39 is 6.04 Å². The lowest BCUT2D eigenvalue weighted by Gasteiger charge is -2.35. The second-order valence-corrected chi connectivity index (χ2v) is 8.84. The molecule has 1 aromatic carbocycles. The number of esters is 1. The molecule has 2 fully saturated rings. The van der Waals surface area contributed by atoms with Crippen molar-refractivity contribution >= 4 is 29.4 Å². The number of benzene rings is 1. The molecule has 6 nitrogen and oxygen atoms in total. The van der Waals surface area contributed by atoms with Gasteiger partial charge in [-0.05, 0) is 56.9 Å².